The zero-order chi connectivity index (χ0) is 22.8. The summed E-state index contributed by atoms with van der Waals surface area (Å²) in [5, 5.41) is 0. The molecule has 1 aliphatic heterocycles. The third kappa shape index (κ3) is 2.64. The number of benzene rings is 4. The number of imide groups is 1. The summed E-state index contributed by atoms with van der Waals surface area (Å²) in [7, 11) is 0. The SMILES string of the molecule is O=C1[C@@H]2C3c4ccccc4C(c4ccccc43)[C@H]2C(=O)N1c1ccc(Cc2ccccc2)cc1. The quantitative estimate of drug-likeness (QED) is 0.384. The van der Waals surface area contributed by atoms with Crippen molar-refractivity contribution >= 4 is 17.5 Å². The lowest BCUT2D eigenvalue weighted by molar-refractivity contribution is -0.122. The highest BCUT2D eigenvalue weighted by Gasteiger charge is 2.61. The number of nitrogens with zero attached hydrogens (tertiary/aromatic N) is 1. The summed E-state index contributed by atoms with van der Waals surface area (Å²) < 4.78 is 0. The van der Waals surface area contributed by atoms with Gasteiger partial charge in [0.1, 0.15) is 0 Å². The van der Waals surface area contributed by atoms with Gasteiger partial charge < -0.3 is 0 Å². The molecule has 4 aromatic carbocycles. The predicted molar refractivity (Wildman–Crippen MR) is 132 cm³/mol. The first-order chi connectivity index (χ1) is 16.7. The predicted octanol–water partition coefficient (Wildman–Crippen LogP) is 5.67. The molecule has 2 bridgehead atoms. The number of carbonyl (C=O) groups excluding carboxylic acids is 2. The Morgan fingerprint density at radius 2 is 0.912 bits per heavy atom. The fourth-order valence-corrected chi connectivity index (χ4v) is 6.53. The molecule has 0 aromatic heterocycles. The molecule has 0 unspecified atom stereocenters. The molecule has 2 atom stereocenters. The molecular formula is C31H23NO2. The van der Waals surface area contributed by atoms with Crippen molar-refractivity contribution in [1.29, 1.82) is 0 Å². The third-order valence-electron chi connectivity index (χ3n) is 7.89. The average Bonchev–Trinajstić information content (AvgIpc) is 3.16. The normalized spacial score (nSPS) is 24.1. The second kappa shape index (κ2) is 7.26. The molecule has 3 aliphatic carbocycles. The van der Waals surface area contributed by atoms with E-state index in [1.807, 2.05) is 66.7 Å². The fourth-order valence-electron chi connectivity index (χ4n) is 6.53. The van der Waals surface area contributed by atoms with Crippen LogP contribution in [-0.2, 0) is 16.0 Å². The molecular weight excluding hydrogens is 418 g/mol. The zero-order valence-electron chi connectivity index (χ0n) is 18.6. The summed E-state index contributed by atoms with van der Waals surface area (Å²) >= 11 is 0. The highest BCUT2D eigenvalue weighted by molar-refractivity contribution is 6.23. The Morgan fingerprint density at radius 3 is 1.38 bits per heavy atom. The Bertz CT molecular complexity index is 1320. The lowest BCUT2D eigenvalue weighted by atomic mass is 9.55. The molecule has 0 spiro atoms. The fraction of sp³-hybridized carbons (Fsp3) is 0.161. The van der Waals surface area contributed by atoms with Crippen molar-refractivity contribution in [3.8, 4) is 0 Å². The highest BCUT2D eigenvalue weighted by atomic mass is 16.2. The van der Waals surface area contributed by atoms with Crippen molar-refractivity contribution < 1.29 is 9.59 Å². The first-order valence-corrected chi connectivity index (χ1v) is 11.9. The van der Waals surface area contributed by atoms with E-state index in [2.05, 4.69) is 36.4 Å². The van der Waals surface area contributed by atoms with Crippen LogP contribution in [0.25, 0.3) is 0 Å². The number of amides is 2. The van der Waals surface area contributed by atoms with Crippen molar-refractivity contribution in [1.82, 2.24) is 0 Å². The molecule has 0 N–H and O–H groups in total. The minimum absolute atomic E-state index is 0.0650. The summed E-state index contributed by atoms with van der Waals surface area (Å²) in [4.78, 5) is 29.1. The van der Waals surface area contributed by atoms with Crippen LogP contribution in [0.3, 0.4) is 0 Å². The lowest BCUT2D eigenvalue weighted by Crippen LogP contribution is -2.41. The van der Waals surface area contributed by atoms with Gasteiger partial charge in [0.25, 0.3) is 0 Å². The van der Waals surface area contributed by atoms with Gasteiger partial charge >= 0.3 is 0 Å². The summed E-state index contributed by atoms with van der Waals surface area (Å²) in [5.41, 5.74) is 7.88. The minimum atomic E-state index is -0.341. The topological polar surface area (TPSA) is 37.4 Å². The van der Waals surface area contributed by atoms with Crippen LogP contribution in [0.5, 0.6) is 0 Å². The van der Waals surface area contributed by atoms with Gasteiger partial charge in [-0.25, -0.2) is 4.90 Å². The van der Waals surface area contributed by atoms with Gasteiger partial charge in [0.05, 0.1) is 17.5 Å². The van der Waals surface area contributed by atoms with Crippen LogP contribution in [0.1, 0.15) is 45.2 Å². The molecule has 0 radical (unpaired) electrons. The second-order valence-electron chi connectivity index (χ2n) is 9.61. The Labute approximate surface area is 198 Å². The summed E-state index contributed by atoms with van der Waals surface area (Å²) in [6.45, 7) is 0. The van der Waals surface area contributed by atoms with Gasteiger partial charge in [-0.2, -0.15) is 0 Å². The van der Waals surface area contributed by atoms with Crippen LogP contribution in [-0.4, -0.2) is 11.8 Å². The van der Waals surface area contributed by atoms with E-state index in [9.17, 15) is 9.59 Å². The van der Waals surface area contributed by atoms with Gasteiger partial charge in [0, 0.05) is 11.8 Å². The van der Waals surface area contributed by atoms with Crippen molar-refractivity contribution in [3.05, 3.63) is 137 Å². The van der Waals surface area contributed by atoms with Gasteiger partial charge in [-0.1, -0.05) is 91.0 Å². The molecule has 1 heterocycles. The molecule has 4 aromatic rings. The number of anilines is 1. The molecule has 1 fully saturated rings. The Balaban J connectivity index is 1.27. The van der Waals surface area contributed by atoms with E-state index in [-0.39, 0.29) is 35.5 Å². The molecule has 4 aliphatic rings. The number of carbonyl (C=O) groups is 2. The maximum absolute atomic E-state index is 13.8. The van der Waals surface area contributed by atoms with Gasteiger partial charge in [0.2, 0.25) is 11.8 Å². The van der Waals surface area contributed by atoms with Crippen LogP contribution in [0.2, 0.25) is 0 Å². The maximum Gasteiger partial charge on any atom is 0.238 e. The summed E-state index contributed by atoms with van der Waals surface area (Å²) in [6, 6.07) is 34.9. The molecule has 3 nitrogen and oxygen atoms in total. The third-order valence-corrected chi connectivity index (χ3v) is 7.89. The average molecular weight is 442 g/mol. The second-order valence-corrected chi connectivity index (χ2v) is 9.61. The van der Waals surface area contributed by atoms with Crippen molar-refractivity contribution in [2.75, 3.05) is 4.90 Å². The van der Waals surface area contributed by atoms with E-state index in [4.69, 9.17) is 0 Å². The van der Waals surface area contributed by atoms with Crippen LogP contribution in [0.15, 0.2) is 103 Å². The van der Waals surface area contributed by atoms with Crippen LogP contribution in [0, 0.1) is 11.8 Å². The standard InChI is InChI=1S/C31H23NO2/c33-30-28-26-22-10-4-5-11-23(22)27(25-13-7-6-12-24(25)26)29(28)31(34)32(30)21-16-14-20(15-17-21)18-19-8-2-1-3-9-19/h1-17,26-29H,18H2/t26?,27?,28-,29-/m1/s1. The van der Waals surface area contributed by atoms with E-state index in [0.29, 0.717) is 5.69 Å². The van der Waals surface area contributed by atoms with E-state index >= 15 is 0 Å². The number of hydrogen-bond acceptors (Lipinski definition) is 2. The molecule has 3 heteroatoms. The van der Waals surface area contributed by atoms with Crippen LogP contribution in [0.4, 0.5) is 5.69 Å². The molecule has 2 amide bonds. The van der Waals surface area contributed by atoms with Crippen molar-refractivity contribution in [2.24, 2.45) is 11.8 Å². The Kier molecular flexibility index (Phi) is 4.16. The molecule has 8 rings (SSSR count). The van der Waals surface area contributed by atoms with Gasteiger partial charge in [-0.3, -0.25) is 9.59 Å². The first kappa shape index (κ1) is 19.5. The van der Waals surface area contributed by atoms with E-state index in [1.165, 1.54) is 32.7 Å². The van der Waals surface area contributed by atoms with Gasteiger partial charge in [0.15, 0.2) is 0 Å². The number of rotatable bonds is 3. The Morgan fingerprint density at radius 1 is 0.500 bits per heavy atom. The smallest absolute Gasteiger partial charge is 0.238 e. The summed E-state index contributed by atoms with van der Waals surface area (Å²) in [5.74, 6) is -0.949. The van der Waals surface area contributed by atoms with E-state index in [1.54, 1.807) is 0 Å². The van der Waals surface area contributed by atoms with Crippen LogP contribution >= 0.6 is 0 Å². The minimum Gasteiger partial charge on any atom is -0.274 e. The summed E-state index contributed by atoms with van der Waals surface area (Å²) in [6.07, 6.45) is 0.822. The van der Waals surface area contributed by atoms with Gasteiger partial charge in [-0.15, -0.1) is 0 Å². The van der Waals surface area contributed by atoms with E-state index < -0.39 is 0 Å². The molecule has 0 saturated carbocycles. The maximum atomic E-state index is 13.8. The largest absolute Gasteiger partial charge is 0.274 e. The van der Waals surface area contributed by atoms with Crippen molar-refractivity contribution in [3.63, 3.8) is 0 Å². The monoisotopic (exact) mass is 441 g/mol. The van der Waals surface area contributed by atoms with Crippen molar-refractivity contribution in [2.45, 2.75) is 18.3 Å². The Hall–Kier alpha value is -3.98. The molecule has 164 valence electrons. The zero-order valence-corrected chi connectivity index (χ0v) is 18.6. The highest BCUT2D eigenvalue weighted by Crippen LogP contribution is 2.61. The lowest BCUT2D eigenvalue weighted by Gasteiger charge is -2.45. The first-order valence-electron chi connectivity index (χ1n) is 11.9. The number of hydrogen-bond donors (Lipinski definition) is 0. The van der Waals surface area contributed by atoms with Crippen LogP contribution < -0.4 is 4.90 Å². The molecule has 34 heavy (non-hydrogen) atoms. The molecule has 1 saturated heterocycles. The van der Waals surface area contributed by atoms with Gasteiger partial charge in [-0.05, 0) is 51.9 Å². The van der Waals surface area contributed by atoms with E-state index in [0.717, 1.165) is 12.0 Å².